The fraction of sp³-hybridized carbons (Fsp3) is 0.550. The lowest BCUT2D eigenvalue weighted by atomic mass is 10.0. The number of hydrogen-bond acceptors (Lipinski definition) is 5. The van der Waals surface area contributed by atoms with Crippen molar-refractivity contribution in [2.45, 2.75) is 38.4 Å². The molecule has 2 saturated heterocycles. The van der Waals surface area contributed by atoms with Crippen LogP contribution in [0.5, 0.6) is 0 Å². The van der Waals surface area contributed by atoms with Gasteiger partial charge in [-0.25, -0.2) is 0 Å². The Labute approximate surface area is 159 Å². The van der Waals surface area contributed by atoms with Gasteiger partial charge >= 0.3 is 0 Å². The molecule has 0 aliphatic carbocycles. The van der Waals surface area contributed by atoms with E-state index in [1.54, 1.807) is 4.90 Å². The average Bonchev–Trinajstić information content (AvgIpc) is 3.24. The Hall–Kier alpha value is -2.25. The molecule has 4 rings (SSSR count). The van der Waals surface area contributed by atoms with Gasteiger partial charge in [0, 0.05) is 31.6 Å². The summed E-state index contributed by atoms with van der Waals surface area (Å²) in [4.78, 5) is 40.6. The second kappa shape index (κ2) is 7.40. The highest BCUT2D eigenvalue weighted by molar-refractivity contribution is 6.05. The molecule has 0 bridgehead atoms. The molecule has 1 aromatic carbocycles. The van der Waals surface area contributed by atoms with Crippen LogP contribution in [0, 0.1) is 5.92 Å². The van der Waals surface area contributed by atoms with Crippen LogP contribution in [0.2, 0.25) is 0 Å². The number of nitrogens with zero attached hydrogens (tertiary/aromatic N) is 2. The van der Waals surface area contributed by atoms with Gasteiger partial charge in [0.1, 0.15) is 6.04 Å². The molecule has 144 valence electrons. The molecule has 2 fully saturated rings. The van der Waals surface area contributed by atoms with Crippen molar-refractivity contribution in [3.05, 3.63) is 34.9 Å². The predicted molar refractivity (Wildman–Crippen MR) is 99.8 cm³/mol. The maximum Gasteiger partial charge on any atom is 0.255 e. The van der Waals surface area contributed by atoms with E-state index in [0.29, 0.717) is 25.4 Å². The smallest absolute Gasteiger partial charge is 0.255 e. The van der Waals surface area contributed by atoms with Gasteiger partial charge in [0.05, 0.1) is 0 Å². The summed E-state index contributed by atoms with van der Waals surface area (Å²) in [6, 6.07) is 5.40. The molecular weight excluding hydrogens is 344 g/mol. The van der Waals surface area contributed by atoms with Crippen LogP contribution in [0.15, 0.2) is 18.2 Å². The zero-order valence-electron chi connectivity index (χ0n) is 15.7. The van der Waals surface area contributed by atoms with Gasteiger partial charge in [-0.2, -0.15) is 0 Å². The molecule has 1 aromatic rings. The van der Waals surface area contributed by atoms with Gasteiger partial charge in [-0.05, 0) is 50.0 Å². The number of rotatable bonds is 5. The minimum atomic E-state index is -0.558. The quantitative estimate of drug-likeness (QED) is 0.738. The Morgan fingerprint density at radius 2 is 2.07 bits per heavy atom. The van der Waals surface area contributed by atoms with Crippen LogP contribution in [-0.2, 0) is 22.7 Å². The van der Waals surface area contributed by atoms with E-state index < -0.39 is 6.04 Å². The summed E-state index contributed by atoms with van der Waals surface area (Å²) in [5.41, 5.74) is 2.72. The first-order valence-corrected chi connectivity index (χ1v) is 9.67. The fourth-order valence-corrected chi connectivity index (χ4v) is 4.49. The molecule has 2 N–H and O–H groups in total. The number of carbonyl (C=O) groups excluding carboxylic acids is 3. The maximum atomic E-state index is 13.1. The molecule has 2 atom stereocenters. The van der Waals surface area contributed by atoms with Gasteiger partial charge < -0.3 is 15.1 Å². The first-order chi connectivity index (χ1) is 13.0. The van der Waals surface area contributed by atoms with Crippen molar-refractivity contribution in [3.63, 3.8) is 0 Å². The van der Waals surface area contributed by atoms with E-state index in [1.807, 2.05) is 18.2 Å². The molecule has 3 amide bonds. The van der Waals surface area contributed by atoms with Crippen molar-refractivity contribution in [2.24, 2.45) is 5.92 Å². The molecule has 7 nitrogen and oxygen atoms in total. The van der Waals surface area contributed by atoms with E-state index in [4.69, 9.17) is 0 Å². The summed E-state index contributed by atoms with van der Waals surface area (Å²) >= 11 is 0. The van der Waals surface area contributed by atoms with Crippen LogP contribution in [0.1, 0.15) is 40.7 Å². The van der Waals surface area contributed by atoms with Gasteiger partial charge in [0.15, 0.2) is 0 Å². The summed E-state index contributed by atoms with van der Waals surface area (Å²) in [5, 5.41) is 5.75. The number of fused-ring (bicyclic) bond motifs is 1. The van der Waals surface area contributed by atoms with Gasteiger partial charge in [-0.1, -0.05) is 18.2 Å². The van der Waals surface area contributed by atoms with Crippen LogP contribution < -0.4 is 10.6 Å². The van der Waals surface area contributed by atoms with Gasteiger partial charge in [-0.15, -0.1) is 0 Å². The third-order valence-corrected chi connectivity index (χ3v) is 5.81. The van der Waals surface area contributed by atoms with Crippen LogP contribution in [-0.4, -0.2) is 60.2 Å². The highest BCUT2D eigenvalue weighted by atomic mass is 16.2. The Morgan fingerprint density at radius 3 is 2.81 bits per heavy atom. The molecule has 0 spiro atoms. The summed E-state index contributed by atoms with van der Waals surface area (Å²) < 4.78 is 0. The number of nitrogens with one attached hydrogen (secondary N) is 2. The molecule has 3 heterocycles. The predicted octanol–water partition coefficient (Wildman–Crippen LogP) is 0.489. The van der Waals surface area contributed by atoms with E-state index >= 15 is 0 Å². The zero-order chi connectivity index (χ0) is 19.0. The number of carbonyl (C=O) groups is 3. The second-order valence-corrected chi connectivity index (χ2v) is 7.91. The van der Waals surface area contributed by atoms with Crippen molar-refractivity contribution < 1.29 is 14.4 Å². The van der Waals surface area contributed by atoms with Crippen molar-refractivity contribution in [1.29, 1.82) is 0 Å². The molecule has 0 radical (unpaired) electrons. The summed E-state index contributed by atoms with van der Waals surface area (Å²) in [7, 11) is 2.09. The lowest BCUT2D eigenvalue weighted by molar-refractivity contribution is -0.136. The van der Waals surface area contributed by atoms with Crippen molar-refractivity contribution in [2.75, 3.05) is 26.7 Å². The highest BCUT2D eigenvalue weighted by Gasteiger charge is 2.40. The number of amides is 3. The van der Waals surface area contributed by atoms with Crippen LogP contribution in [0.3, 0.4) is 0 Å². The molecule has 0 aromatic heterocycles. The average molecular weight is 370 g/mol. The van der Waals surface area contributed by atoms with E-state index in [-0.39, 0.29) is 24.1 Å². The Balaban J connectivity index is 1.49. The number of imide groups is 1. The minimum Gasteiger partial charge on any atom is -0.322 e. The number of hydrogen-bond donors (Lipinski definition) is 2. The number of piperidine rings is 1. The Kier molecular flexibility index (Phi) is 4.97. The van der Waals surface area contributed by atoms with E-state index in [9.17, 15) is 14.4 Å². The monoisotopic (exact) mass is 370 g/mol. The van der Waals surface area contributed by atoms with E-state index in [2.05, 4.69) is 22.6 Å². The molecule has 3 aliphatic heterocycles. The van der Waals surface area contributed by atoms with Crippen LogP contribution >= 0.6 is 0 Å². The second-order valence-electron chi connectivity index (χ2n) is 7.91. The Bertz CT molecular complexity index is 772. The molecular formula is C20H26N4O3. The number of benzene rings is 1. The third-order valence-electron chi connectivity index (χ3n) is 5.81. The molecule has 0 saturated carbocycles. The molecule has 3 aliphatic rings. The van der Waals surface area contributed by atoms with Gasteiger partial charge in [0.2, 0.25) is 11.8 Å². The van der Waals surface area contributed by atoms with Crippen LogP contribution in [0.4, 0.5) is 0 Å². The van der Waals surface area contributed by atoms with Crippen molar-refractivity contribution in [3.8, 4) is 0 Å². The maximum absolute atomic E-state index is 13.1. The van der Waals surface area contributed by atoms with Crippen LogP contribution in [0.25, 0.3) is 0 Å². The van der Waals surface area contributed by atoms with Gasteiger partial charge in [0.25, 0.3) is 5.91 Å². The largest absolute Gasteiger partial charge is 0.322 e. The third kappa shape index (κ3) is 3.61. The van der Waals surface area contributed by atoms with Crippen molar-refractivity contribution >= 4 is 17.7 Å². The lowest BCUT2D eigenvalue weighted by Crippen LogP contribution is -2.52. The molecule has 7 heteroatoms. The molecule has 1 unspecified atom stereocenters. The standard InChI is InChI=1S/C20H26N4O3/c1-23(10-13-7-8-21-9-13)11-14-3-2-4-15-12-24(20(27)18(14)15)16-5-6-17(25)22-19(16)26/h2-4,13,16,21H,5-12H2,1H3,(H,22,25,26)/t13-,16?/m0/s1. The van der Waals surface area contributed by atoms with Crippen molar-refractivity contribution in [1.82, 2.24) is 20.4 Å². The zero-order valence-corrected chi connectivity index (χ0v) is 15.7. The minimum absolute atomic E-state index is 0.0916. The first-order valence-electron chi connectivity index (χ1n) is 9.67. The lowest BCUT2D eigenvalue weighted by Gasteiger charge is -2.29. The highest BCUT2D eigenvalue weighted by Crippen LogP contribution is 2.30. The SMILES string of the molecule is CN(Cc1cccc2c1C(=O)N(C1CCC(=O)NC1=O)C2)C[C@H]1CCNC1. The normalized spacial score (nSPS) is 25.3. The van der Waals surface area contributed by atoms with E-state index in [1.165, 1.54) is 6.42 Å². The summed E-state index contributed by atoms with van der Waals surface area (Å²) in [6.07, 6.45) is 1.87. The fourth-order valence-electron chi connectivity index (χ4n) is 4.49. The Morgan fingerprint density at radius 1 is 1.22 bits per heavy atom. The van der Waals surface area contributed by atoms with E-state index in [0.717, 1.165) is 36.3 Å². The summed E-state index contributed by atoms with van der Waals surface area (Å²) in [6.45, 7) is 4.29. The molecule has 27 heavy (non-hydrogen) atoms. The van der Waals surface area contributed by atoms with Gasteiger partial charge in [-0.3, -0.25) is 19.7 Å². The first kappa shape index (κ1) is 18.1. The summed E-state index contributed by atoms with van der Waals surface area (Å²) in [5.74, 6) is -0.0580. The topological polar surface area (TPSA) is 81.8 Å².